The molecule has 1 aromatic carbocycles. The Morgan fingerprint density at radius 3 is 2.75 bits per heavy atom. The minimum absolute atomic E-state index is 0.0909. The van der Waals surface area contributed by atoms with E-state index in [0.717, 1.165) is 45.5 Å². The average molecular weight is 682 g/mol. The van der Waals surface area contributed by atoms with Gasteiger partial charge >= 0.3 is 22.6 Å². The Morgan fingerprint density at radius 2 is 2.00 bits per heavy atom. The predicted molar refractivity (Wildman–Crippen MR) is 158 cm³/mol. The summed E-state index contributed by atoms with van der Waals surface area (Å²) < 4.78 is 20.5. The van der Waals surface area contributed by atoms with Gasteiger partial charge in [0, 0.05) is 40.5 Å². The maximum absolute atomic E-state index is 12.4. The summed E-state index contributed by atoms with van der Waals surface area (Å²) in [5, 5.41) is 2.77. The molecule has 3 heterocycles. The topological polar surface area (TPSA) is 121 Å². The lowest BCUT2D eigenvalue weighted by atomic mass is 9.84. The molecule has 0 radical (unpaired) electrons. The van der Waals surface area contributed by atoms with Crippen LogP contribution in [0.25, 0.3) is 0 Å². The van der Waals surface area contributed by atoms with Crippen molar-refractivity contribution < 1.29 is 23.8 Å². The molecule has 5 rings (SSSR count). The first-order valence-electron chi connectivity index (χ1n) is 13.3. The number of esters is 1. The number of benzene rings is 1. The van der Waals surface area contributed by atoms with Gasteiger partial charge in [0.2, 0.25) is 0 Å². The van der Waals surface area contributed by atoms with Crippen molar-refractivity contribution in [3.05, 3.63) is 79.3 Å². The summed E-state index contributed by atoms with van der Waals surface area (Å²) in [5.74, 6) is -0.454. The molecule has 3 aliphatic rings. The van der Waals surface area contributed by atoms with Crippen LogP contribution in [0.3, 0.4) is 0 Å². The van der Waals surface area contributed by atoms with E-state index in [1.54, 1.807) is 0 Å². The Balaban J connectivity index is 1.11. The number of nitrogens with one attached hydrogen (secondary N) is 1. The lowest BCUT2D eigenvalue weighted by Crippen LogP contribution is -2.29. The second-order valence-electron chi connectivity index (χ2n) is 10.6. The van der Waals surface area contributed by atoms with Crippen LogP contribution in [0.1, 0.15) is 43.7 Å². The second kappa shape index (κ2) is 12.0. The van der Waals surface area contributed by atoms with Crippen LogP contribution in [0.4, 0.5) is 4.79 Å². The van der Waals surface area contributed by atoms with Crippen LogP contribution in [0.2, 0.25) is 0 Å². The molecule has 1 N–H and O–H groups in total. The highest BCUT2D eigenvalue weighted by Crippen LogP contribution is 2.49. The minimum Gasteiger partial charge on any atom is -0.455 e. The zero-order valence-corrected chi connectivity index (χ0v) is 25.2. The van der Waals surface area contributed by atoms with Crippen molar-refractivity contribution in [1.29, 1.82) is 0 Å². The van der Waals surface area contributed by atoms with Gasteiger partial charge in [-0.2, -0.15) is 0 Å². The Bertz CT molecular complexity index is 1440. The molecule has 2 saturated heterocycles. The fourth-order valence-corrected chi connectivity index (χ4v) is 6.92. The van der Waals surface area contributed by atoms with Gasteiger partial charge in [-0.05, 0) is 49.3 Å². The Morgan fingerprint density at radius 1 is 1.25 bits per heavy atom. The van der Waals surface area contributed by atoms with Gasteiger partial charge in [-0.15, -0.1) is 0 Å². The first-order chi connectivity index (χ1) is 19.2. The molecule has 214 valence electrons. The van der Waals surface area contributed by atoms with Gasteiger partial charge in [0.1, 0.15) is 18.8 Å². The lowest BCUT2D eigenvalue weighted by Gasteiger charge is -2.20. The standard InChI is InChI=1S/C28H32IN3O7S/c1-17-21-10-9-20(4-3-11-28(2)23(39-28)22(21)38-24(17)33)16-37-25(34)30-14-18-5-7-19(8-6-18)15-31-26(35)32(13-12-29)40-27(31)36/h4-8,21-23H,1,3,9-16H2,2H3,(H,30,34)/b20-4+/t21-,22-,23-,28+/m0/s1. The second-order valence-corrected chi connectivity index (χ2v) is 12.6. The number of carbonyl (C=O) groups is 2. The summed E-state index contributed by atoms with van der Waals surface area (Å²) in [7, 11) is 0. The molecule has 12 heteroatoms. The third kappa shape index (κ3) is 6.28. The summed E-state index contributed by atoms with van der Waals surface area (Å²) in [4.78, 5) is 48.9. The zero-order chi connectivity index (χ0) is 28.4. The molecule has 40 heavy (non-hydrogen) atoms. The van der Waals surface area contributed by atoms with Gasteiger partial charge in [0.25, 0.3) is 0 Å². The highest BCUT2D eigenvalue weighted by atomic mass is 127. The number of aromatic nitrogens is 2. The number of epoxide rings is 1. The molecular formula is C28H32IN3O7S. The number of hydrogen-bond acceptors (Lipinski definition) is 8. The highest BCUT2D eigenvalue weighted by Gasteiger charge is 2.61. The van der Waals surface area contributed by atoms with E-state index in [2.05, 4.69) is 40.6 Å². The van der Waals surface area contributed by atoms with E-state index in [4.69, 9.17) is 14.2 Å². The fraction of sp³-hybridized carbons (Fsp3) is 0.500. The van der Waals surface area contributed by atoms with E-state index in [0.29, 0.717) is 25.0 Å². The van der Waals surface area contributed by atoms with Crippen LogP contribution in [-0.2, 0) is 38.6 Å². The normalized spacial score (nSPS) is 27.1. The number of alkyl halides is 1. The van der Waals surface area contributed by atoms with E-state index >= 15 is 0 Å². The lowest BCUT2D eigenvalue weighted by molar-refractivity contribution is -0.140. The van der Waals surface area contributed by atoms with E-state index in [9.17, 15) is 19.2 Å². The number of rotatable bonds is 8. The van der Waals surface area contributed by atoms with Crippen LogP contribution in [0.15, 0.2) is 57.7 Å². The van der Waals surface area contributed by atoms with Gasteiger partial charge in [0.05, 0.1) is 12.1 Å². The SMILES string of the molecule is C=C1C(=O)O[C@H]2[C@H]1CC/C(COC(=O)NCc1ccc(Cn3c(=O)sn(CCI)c3=O)cc1)=C\CC[C@@]1(C)O[C@@H]21. The zero-order valence-electron chi connectivity index (χ0n) is 22.2. The monoisotopic (exact) mass is 681 g/mol. The summed E-state index contributed by atoms with van der Waals surface area (Å²) in [6, 6.07) is 7.38. The largest absolute Gasteiger partial charge is 0.455 e. The average Bonchev–Trinajstić information content (AvgIpc) is 3.43. The van der Waals surface area contributed by atoms with Crippen LogP contribution < -0.4 is 15.9 Å². The maximum Gasteiger partial charge on any atom is 0.407 e. The molecule has 1 amide bonds. The van der Waals surface area contributed by atoms with Crippen molar-refractivity contribution in [2.75, 3.05) is 11.0 Å². The quantitative estimate of drug-likeness (QED) is 0.113. The van der Waals surface area contributed by atoms with Crippen LogP contribution >= 0.6 is 34.1 Å². The van der Waals surface area contributed by atoms with Crippen molar-refractivity contribution in [3.63, 3.8) is 0 Å². The van der Waals surface area contributed by atoms with Crippen LogP contribution in [-0.4, -0.2) is 49.4 Å². The molecule has 0 bridgehead atoms. The smallest absolute Gasteiger partial charge is 0.407 e. The molecule has 1 aliphatic carbocycles. The Hall–Kier alpha value is -2.71. The van der Waals surface area contributed by atoms with Crippen molar-refractivity contribution in [3.8, 4) is 0 Å². The van der Waals surface area contributed by atoms with Gasteiger partial charge in [-0.25, -0.2) is 22.9 Å². The number of carbonyl (C=O) groups excluding carboxylic acids is 2. The molecule has 2 aliphatic heterocycles. The van der Waals surface area contributed by atoms with Gasteiger partial charge < -0.3 is 19.5 Å². The summed E-state index contributed by atoms with van der Waals surface area (Å²) in [6.45, 7) is 7.14. The number of allylic oxidation sites excluding steroid dienone is 1. The number of ether oxygens (including phenoxy) is 3. The first kappa shape index (κ1) is 28.8. The van der Waals surface area contributed by atoms with E-state index in [-0.39, 0.29) is 60.0 Å². The Kier molecular flexibility index (Phi) is 8.66. The van der Waals surface area contributed by atoms with Crippen molar-refractivity contribution in [2.24, 2.45) is 5.92 Å². The van der Waals surface area contributed by atoms with Gasteiger partial charge in [-0.3, -0.25) is 4.79 Å². The summed E-state index contributed by atoms with van der Waals surface area (Å²) in [5.41, 5.74) is 2.57. The molecule has 2 fully saturated rings. The fourth-order valence-electron chi connectivity index (χ4n) is 5.33. The van der Waals surface area contributed by atoms with Gasteiger partial charge in [0.15, 0.2) is 0 Å². The molecule has 2 aromatic rings. The third-order valence-electron chi connectivity index (χ3n) is 7.77. The molecular weight excluding hydrogens is 649 g/mol. The third-order valence-corrected chi connectivity index (χ3v) is 9.19. The van der Waals surface area contributed by atoms with E-state index < -0.39 is 6.09 Å². The van der Waals surface area contributed by atoms with Crippen molar-refractivity contribution in [2.45, 2.75) is 70.1 Å². The highest BCUT2D eigenvalue weighted by molar-refractivity contribution is 14.1. The molecule has 4 atom stereocenters. The number of nitrogens with zero attached hydrogens (tertiary/aromatic N) is 2. The predicted octanol–water partition coefficient (Wildman–Crippen LogP) is 3.54. The summed E-state index contributed by atoms with van der Waals surface area (Å²) in [6.07, 6.45) is 4.12. The molecule has 10 nitrogen and oxygen atoms in total. The van der Waals surface area contributed by atoms with Crippen LogP contribution in [0, 0.1) is 5.92 Å². The Labute approximate surface area is 249 Å². The summed E-state index contributed by atoms with van der Waals surface area (Å²) >= 11 is 3.11. The number of aryl methyl sites for hydroxylation is 1. The molecule has 0 unspecified atom stereocenters. The maximum atomic E-state index is 12.4. The molecule has 0 saturated carbocycles. The molecule has 0 spiro atoms. The molecule has 1 aromatic heterocycles. The number of halogens is 1. The van der Waals surface area contributed by atoms with E-state index in [1.165, 1.54) is 8.52 Å². The number of alkyl carbamates (subject to hydrolysis) is 1. The minimum atomic E-state index is -0.526. The van der Waals surface area contributed by atoms with Crippen molar-refractivity contribution >= 4 is 46.2 Å². The van der Waals surface area contributed by atoms with Crippen LogP contribution in [0.5, 0.6) is 0 Å². The number of amides is 1. The number of hydrogen-bond donors (Lipinski definition) is 1. The van der Waals surface area contributed by atoms with E-state index in [1.807, 2.05) is 31.2 Å². The number of fused-ring (bicyclic) bond motifs is 3. The first-order valence-corrected chi connectivity index (χ1v) is 15.6. The van der Waals surface area contributed by atoms with Crippen molar-refractivity contribution in [1.82, 2.24) is 13.8 Å². The van der Waals surface area contributed by atoms with Gasteiger partial charge in [-0.1, -0.05) is 59.5 Å².